The fourth-order valence-electron chi connectivity index (χ4n) is 2.76. The van der Waals surface area contributed by atoms with Crippen molar-refractivity contribution in [3.63, 3.8) is 0 Å². The molecule has 0 radical (unpaired) electrons. The van der Waals surface area contributed by atoms with Crippen LogP contribution in [-0.4, -0.2) is 15.9 Å². The van der Waals surface area contributed by atoms with E-state index in [-0.39, 0.29) is 22.3 Å². The Morgan fingerprint density at radius 1 is 0.833 bits per heavy atom. The average Bonchev–Trinajstić information content (AvgIpc) is 2.45. The van der Waals surface area contributed by atoms with Crippen LogP contribution in [0.2, 0.25) is 0 Å². The number of hydrogen-bond donors (Lipinski definition) is 3. The Bertz CT molecular complexity index is 742. The first-order valence-corrected chi connectivity index (χ1v) is 8.18. The minimum absolute atomic E-state index is 0.0881. The quantitative estimate of drug-likeness (QED) is 0.672. The summed E-state index contributed by atoms with van der Waals surface area (Å²) in [5.74, 6) is 0.383. The highest BCUT2D eigenvalue weighted by Gasteiger charge is 2.27. The maximum atomic E-state index is 10.8. The summed E-state index contributed by atoms with van der Waals surface area (Å²) in [6.07, 6.45) is 0. The van der Waals surface area contributed by atoms with Crippen LogP contribution in [0.25, 0.3) is 0 Å². The molecule has 2 aromatic rings. The third kappa shape index (κ3) is 3.45. The van der Waals surface area contributed by atoms with Gasteiger partial charge in [-0.15, -0.1) is 0 Å². The summed E-state index contributed by atoms with van der Waals surface area (Å²) in [4.78, 5) is 0. The lowest BCUT2D eigenvalue weighted by molar-refractivity contribution is 0.423. The molecule has 0 amide bonds. The van der Waals surface area contributed by atoms with Crippen LogP contribution in [0.3, 0.4) is 0 Å². The Labute approximate surface area is 144 Å². The van der Waals surface area contributed by atoms with E-state index in [1.807, 2.05) is 53.7 Å². The van der Waals surface area contributed by atoms with Gasteiger partial charge in [-0.3, -0.25) is 5.41 Å². The molecule has 0 aliphatic carbocycles. The zero-order valence-electron chi connectivity index (χ0n) is 15.4. The summed E-state index contributed by atoms with van der Waals surface area (Å²) in [7, 11) is 0. The molecule has 0 atom stereocenters. The molecule has 0 spiro atoms. The second kappa shape index (κ2) is 5.97. The van der Waals surface area contributed by atoms with Gasteiger partial charge >= 0.3 is 0 Å². The average molecular weight is 325 g/mol. The van der Waals surface area contributed by atoms with Crippen molar-refractivity contribution in [1.29, 1.82) is 5.41 Å². The van der Waals surface area contributed by atoms with Gasteiger partial charge in [-0.1, -0.05) is 53.7 Å². The van der Waals surface area contributed by atoms with Crippen LogP contribution in [0.1, 0.15) is 63.8 Å². The zero-order valence-corrected chi connectivity index (χ0v) is 15.4. The molecule has 3 nitrogen and oxygen atoms in total. The van der Waals surface area contributed by atoms with E-state index in [2.05, 4.69) is 0 Å². The molecule has 2 aromatic carbocycles. The Hall–Kier alpha value is -2.29. The summed E-state index contributed by atoms with van der Waals surface area (Å²) >= 11 is 0. The molecule has 0 saturated heterocycles. The second-order valence-electron chi connectivity index (χ2n) is 8.31. The smallest absolute Gasteiger partial charge is 0.124 e. The van der Waals surface area contributed by atoms with E-state index in [4.69, 9.17) is 5.41 Å². The summed E-state index contributed by atoms with van der Waals surface area (Å²) in [5, 5.41) is 29.4. The molecule has 2 rings (SSSR count). The van der Waals surface area contributed by atoms with Gasteiger partial charge in [0.25, 0.3) is 0 Å². The largest absolute Gasteiger partial charge is 0.507 e. The van der Waals surface area contributed by atoms with Crippen molar-refractivity contribution in [3.05, 3.63) is 58.7 Å². The third-order valence-electron chi connectivity index (χ3n) is 4.19. The molecule has 0 saturated carbocycles. The molecule has 0 aliphatic heterocycles. The van der Waals surface area contributed by atoms with Crippen molar-refractivity contribution < 1.29 is 10.2 Å². The molecule has 0 fully saturated rings. The predicted molar refractivity (Wildman–Crippen MR) is 99.5 cm³/mol. The van der Waals surface area contributed by atoms with Crippen molar-refractivity contribution >= 4 is 5.71 Å². The van der Waals surface area contributed by atoms with E-state index in [0.29, 0.717) is 16.9 Å². The predicted octanol–water partition coefficient (Wildman–Crippen LogP) is 5.11. The molecule has 128 valence electrons. The highest BCUT2D eigenvalue weighted by atomic mass is 16.3. The van der Waals surface area contributed by atoms with Gasteiger partial charge in [0.1, 0.15) is 11.5 Å². The molecule has 3 N–H and O–H groups in total. The number of phenolic OH excluding ortho intramolecular Hbond substituents is 2. The van der Waals surface area contributed by atoms with E-state index in [1.165, 1.54) is 0 Å². The topological polar surface area (TPSA) is 64.3 Å². The minimum atomic E-state index is -0.251. The van der Waals surface area contributed by atoms with Gasteiger partial charge in [-0.25, -0.2) is 0 Å². The van der Waals surface area contributed by atoms with Crippen molar-refractivity contribution in [2.45, 2.75) is 52.4 Å². The van der Waals surface area contributed by atoms with E-state index in [9.17, 15) is 10.2 Å². The van der Waals surface area contributed by atoms with Crippen LogP contribution in [0.5, 0.6) is 11.5 Å². The Balaban J connectivity index is 2.72. The van der Waals surface area contributed by atoms with Gasteiger partial charge in [0.05, 0.1) is 5.71 Å². The number of hydrogen-bond acceptors (Lipinski definition) is 3. The number of nitrogens with one attached hydrogen (secondary N) is 1. The second-order valence-corrected chi connectivity index (χ2v) is 8.31. The molecular formula is C21H27NO2. The van der Waals surface area contributed by atoms with Crippen LogP contribution in [-0.2, 0) is 10.8 Å². The molecule has 0 aliphatic rings. The van der Waals surface area contributed by atoms with Crippen LogP contribution < -0.4 is 0 Å². The first kappa shape index (κ1) is 18.1. The lowest BCUT2D eigenvalue weighted by Crippen LogP contribution is -2.19. The van der Waals surface area contributed by atoms with Gasteiger partial charge < -0.3 is 10.2 Å². The van der Waals surface area contributed by atoms with Crippen LogP contribution in [0, 0.1) is 5.41 Å². The van der Waals surface area contributed by atoms with Crippen LogP contribution in [0.4, 0.5) is 0 Å². The third-order valence-corrected chi connectivity index (χ3v) is 4.19. The fourth-order valence-corrected chi connectivity index (χ4v) is 2.76. The number of phenols is 2. The van der Waals surface area contributed by atoms with E-state index >= 15 is 0 Å². The fraction of sp³-hybridized carbons (Fsp3) is 0.381. The van der Waals surface area contributed by atoms with Gasteiger partial charge in [0.2, 0.25) is 0 Å². The van der Waals surface area contributed by atoms with E-state index in [0.717, 1.165) is 11.1 Å². The molecule has 0 heterocycles. The summed E-state index contributed by atoms with van der Waals surface area (Å²) in [6.45, 7) is 12.3. The highest BCUT2D eigenvalue weighted by molar-refractivity contribution is 6.12. The van der Waals surface area contributed by atoms with Gasteiger partial charge in [0, 0.05) is 22.3 Å². The lowest BCUT2D eigenvalue weighted by atomic mass is 9.77. The molecule has 3 heteroatoms. The molecule has 24 heavy (non-hydrogen) atoms. The minimum Gasteiger partial charge on any atom is -0.507 e. The van der Waals surface area contributed by atoms with Gasteiger partial charge in [0.15, 0.2) is 0 Å². The van der Waals surface area contributed by atoms with E-state index in [1.54, 1.807) is 24.3 Å². The lowest BCUT2D eigenvalue weighted by Gasteiger charge is -2.28. The normalized spacial score (nSPS) is 12.2. The number of aromatic hydroxyl groups is 2. The first-order valence-electron chi connectivity index (χ1n) is 8.18. The SMILES string of the molecule is CC(C)(C)c1cc(C(=N)c2ccccc2O)cc(C(C)(C)C)c1O. The standard InChI is InChI=1S/C21H27NO2/c1-20(2,3)15-11-13(12-16(19(15)24)21(4,5)6)18(22)14-9-7-8-10-17(14)23/h7-12,22-24H,1-6H3. The number of benzene rings is 2. The summed E-state index contributed by atoms with van der Waals surface area (Å²) in [6, 6.07) is 10.6. The maximum Gasteiger partial charge on any atom is 0.124 e. The van der Waals surface area contributed by atoms with Gasteiger partial charge in [-0.2, -0.15) is 0 Å². The maximum absolute atomic E-state index is 10.8. The van der Waals surface area contributed by atoms with E-state index < -0.39 is 0 Å². The Morgan fingerprint density at radius 2 is 1.29 bits per heavy atom. The van der Waals surface area contributed by atoms with Crippen LogP contribution >= 0.6 is 0 Å². The Morgan fingerprint density at radius 3 is 1.71 bits per heavy atom. The molecular weight excluding hydrogens is 298 g/mol. The molecule has 0 aromatic heterocycles. The van der Waals surface area contributed by atoms with Crippen molar-refractivity contribution in [3.8, 4) is 11.5 Å². The number of para-hydroxylation sites is 1. The number of rotatable bonds is 2. The van der Waals surface area contributed by atoms with Crippen molar-refractivity contribution in [2.75, 3.05) is 0 Å². The Kier molecular flexibility index (Phi) is 4.49. The highest BCUT2D eigenvalue weighted by Crippen LogP contribution is 2.40. The van der Waals surface area contributed by atoms with Crippen molar-refractivity contribution in [1.82, 2.24) is 0 Å². The van der Waals surface area contributed by atoms with Gasteiger partial charge in [-0.05, 0) is 35.1 Å². The monoisotopic (exact) mass is 325 g/mol. The molecule has 0 unspecified atom stereocenters. The summed E-state index contributed by atoms with van der Waals surface area (Å²) in [5.41, 5.74) is 2.56. The molecule has 0 bridgehead atoms. The van der Waals surface area contributed by atoms with Crippen molar-refractivity contribution in [2.24, 2.45) is 0 Å². The first-order chi connectivity index (χ1) is 10.9. The van der Waals surface area contributed by atoms with Crippen LogP contribution in [0.15, 0.2) is 36.4 Å². The zero-order chi connectivity index (χ0) is 18.3. The summed E-state index contributed by atoms with van der Waals surface area (Å²) < 4.78 is 0.